The number of hydrogen-bond acceptors (Lipinski definition) is 3. The van der Waals surface area contributed by atoms with E-state index in [1.807, 2.05) is 12.1 Å². The smallest absolute Gasteiger partial charge is 0.374 e. The minimum absolute atomic E-state index is 0.0469. The van der Waals surface area contributed by atoms with E-state index in [1.54, 1.807) is 6.07 Å². The Morgan fingerprint density at radius 1 is 1.18 bits per heavy atom. The molecule has 0 aromatic heterocycles. The second-order valence-electron chi connectivity index (χ2n) is 5.60. The van der Waals surface area contributed by atoms with Gasteiger partial charge in [-0.05, 0) is 41.9 Å². The quantitative estimate of drug-likeness (QED) is 0.459. The lowest BCUT2D eigenvalue weighted by Gasteiger charge is -2.20. The third-order valence-electron chi connectivity index (χ3n) is 4.03. The summed E-state index contributed by atoms with van der Waals surface area (Å²) >= 11 is 0. The fourth-order valence-electron chi connectivity index (χ4n) is 2.76. The maximum atomic E-state index is 12.6. The minimum Gasteiger partial charge on any atom is -0.423 e. The van der Waals surface area contributed by atoms with Crippen LogP contribution >= 0.6 is 9.12 Å². The highest BCUT2D eigenvalue weighted by molar-refractivity contribution is 7.63. The maximum Gasteiger partial charge on any atom is 0.374 e. The summed E-state index contributed by atoms with van der Waals surface area (Å²) < 4.78 is 17.9. The Morgan fingerprint density at radius 2 is 1.95 bits per heavy atom. The number of benzene rings is 2. The molecule has 0 fully saturated rings. The Morgan fingerprint density at radius 3 is 2.68 bits per heavy atom. The van der Waals surface area contributed by atoms with Crippen LogP contribution in [-0.2, 0) is 17.6 Å². The highest BCUT2D eigenvalue weighted by atomic mass is 31.0. The number of rotatable bonds is 1. The highest BCUT2D eigenvalue weighted by Crippen LogP contribution is 2.15. The molecule has 0 amide bonds. The lowest BCUT2D eigenvalue weighted by atomic mass is 9.42. The topological polar surface area (TPSA) is 38.7 Å². The van der Waals surface area contributed by atoms with E-state index in [-0.39, 0.29) is 19.3 Å². The minimum atomic E-state index is -0.188. The van der Waals surface area contributed by atoms with Gasteiger partial charge in [-0.2, -0.15) is 4.91 Å². The van der Waals surface area contributed by atoms with Crippen molar-refractivity contribution in [3.8, 4) is 0 Å². The van der Waals surface area contributed by atoms with E-state index >= 15 is 0 Å². The first-order valence-electron chi connectivity index (χ1n) is 7.16. The number of fused-ring (bicyclic) bond motifs is 2. The first-order chi connectivity index (χ1) is 10.6. The van der Waals surface area contributed by atoms with Crippen LogP contribution in [0, 0.1) is 17.6 Å². The van der Waals surface area contributed by atoms with Crippen LogP contribution in [0.3, 0.4) is 0 Å². The van der Waals surface area contributed by atoms with Crippen LogP contribution < -0.4 is 10.9 Å². The molecule has 110 valence electrons. The van der Waals surface area contributed by atoms with Crippen LogP contribution in [-0.4, -0.2) is 13.5 Å². The summed E-state index contributed by atoms with van der Waals surface area (Å²) in [5.41, 5.74) is 5.70. The number of nitroso groups, excluding NO2 is 1. The molecule has 0 bridgehead atoms. The largest absolute Gasteiger partial charge is 0.423 e. The summed E-state index contributed by atoms with van der Waals surface area (Å²) in [5.74, 6) is -0.188. The van der Waals surface area contributed by atoms with Gasteiger partial charge in [0.05, 0.1) is 6.61 Å². The zero-order valence-electron chi connectivity index (χ0n) is 12.3. The molecular formula is C15H15B2FNO2P. The standard InChI is InChI=1S/C8H8BNO.C7H7BFOP/c1-6-2-3-8-7(4-6)5-9(8)10-11;9-6-1-2-7-5(3-6)4-10-8(7)11/h2-4H,5H2,1H3;1-3H,4,11H2. The van der Waals surface area contributed by atoms with E-state index in [9.17, 15) is 9.30 Å². The molecule has 3 nitrogen and oxygen atoms in total. The molecule has 0 saturated carbocycles. The maximum absolute atomic E-state index is 12.6. The summed E-state index contributed by atoms with van der Waals surface area (Å²) in [6.07, 6.45) is 0.834. The number of halogens is 1. The van der Waals surface area contributed by atoms with Crippen molar-refractivity contribution in [3.05, 3.63) is 63.8 Å². The summed E-state index contributed by atoms with van der Waals surface area (Å²) in [6, 6.07) is 10.9. The molecule has 22 heavy (non-hydrogen) atoms. The second-order valence-corrected chi connectivity index (χ2v) is 6.21. The molecular weight excluding hydrogens is 298 g/mol. The van der Waals surface area contributed by atoms with Crippen molar-refractivity contribution in [2.45, 2.75) is 19.9 Å². The molecule has 0 aliphatic carbocycles. The summed E-state index contributed by atoms with van der Waals surface area (Å²) in [6.45, 7) is 2.57. The third kappa shape index (κ3) is 2.99. The van der Waals surface area contributed by atoms with Crippen LogP contribution in [0.15, 0.2) is 41.5 Å². The number of aryl methyl sites for hydroxylation is 1. The molecule has 2 heterocycles. The fraction of sp³-hybridized carbons (Fsp3) is 0.200. The predicted molar refractivity (Wildman–Crippen MR) is 92.4 cm³/mol. The lowest BCUT2D eigenvalue weighted by molar-refractivity contribution is 0.341. The van der Waals surface area contributed by atoms with Gasteiger partial charge in [0, 0.05) is 0 Å². The molecule has 2 aliphatic rings. The van der Waals surface area contributed by atoms with Crippen LogP contribution in [0.4, 0.5) is 4.39 Å². The van der Waals surface area contributed by atoms with Crippen molar-refractivity contribution >= 4 is 33.5 Å². The molecule has 0 spiro atoms. The summed E-state index contributed by atoms with van der Waals surface area (Å²) in [5, 5.41) is 3.01. The molecule has 2 aromatic rings. The Labute approximate surface area is 132 Å². The van der Waals surface area contributed by atoms with Gasteiger partial charge in [0.25, 0.3) is 0 Å². The van der Waals surface area contributed by atoms with Gasteiger partial charge in [0.1, 0.15) is 5.82 Å². The van der Waals surface area contributed by atoms with Crippen LogP contribution in [0.25, 0.3) is 0 Å². The average molecular weight is 313 g/mol. The van der Waals surface area contributed by atoms with E-state index in [4.69, 9.17) is 4.65 Å². The van der Waals surface area contributed by atoms with Crippen molar-refractivity contribution in [2.75, 3.05) is 0 Å². The average Bonchev–Trinajstić information content (AvgIpc) is 2.83. The van der Waals surface area contributed by atoms with Gasteiger partial charge >= 0.3 is 13.5 Å². The van der Waals surface area contributed by atoms with Crippen molar-refractivity contribution in [2.24, 2.45) is 5.09 Å². The normalized spacial score (nSPS) is 14.5. The van der Waals surface area contributed by atoms with Crippen molar-refractivity contribution in [1.82, 2.24) is 0 Å². The van der Waals surface area contributed by atoms with Gasteiger partial charge in [-0.1, -0.05) is 35.4 Å². The molecule has 1 unspecified atom stereocenters. The van der Waals surface area contributed by atoms with Gasteiger partial charge in [0.2, 0.25) is 0 Å². The van der Waals surface area contributed by atoms with Gasteiger partial charge in [-0.3, -0.25) is 0 Å². The Kier molecular flexibility index (Phi) is 4.42. The number of hydrogen-bond donors (Lipinski definition) is 0. The predicted octanol–water partition coefficient (Wildman–Crippen LogP) is 1.98. The van der Waals surface area contributed by atoms with Gasteiger partial charge in [0.15, 0.2) is 0 Å². The Hall–Kier alpha value is -1.51. The molecule has 2 aliphatic heterocycles. The second kappa shape index (κ2) is 6.31. The fourth-order valence-corrected chi connectivity index (χ4v) is 3.19. The Balaban J connectivity index is 0.000000131. The van der Waals surface area contributed by atoms with E-state index < -0.39 is 0 Å². The van der Waals surface area contributed by atoms with Gasteiger partial charge in [-0.15, -0.1) is 14.2 Å². The van der Waals surface area contributed by atoms with Crippen LogP contribution in [0.1, 0.15) is 16.7 Å². The molecule has 0 saturated heterocycles. The van der Waals surface area contributed by atoms with Crippen LogP contribution in [0.5, 0.6) is 0 Å². The Bertz CT molecular complexity index is 729. The zero-order chi connectivity index (χ0) is 15.7. The molecule has 1 atom stereocenters. The molecule has 2 aromatic carbocycles. The molecule has 4 rings (SSSR count). The summed E-state index contributed by atoms with van der Waals surface area (Å²) in [4.78, 5) is 10.2. The molecule has 7 heteroatoms. The zero-order valence-corrected chi connectivity index (χ0v) is 13.4. The van der Waals surface area contributed by atoms with E-state index in [0.29, 0.717) is 6.61 Å². The first kappa shape index (κ1) is 15.4. The third-order valence-corrected chi connectivity index (χ3v) is 4.58. The molecule has 0 N–H and O–H groups in total. The van der Waals surface area contributed by atoms with E-state index in [2.05, 4.69) is 27.2 Å². The van der Waals surface area contributed by atoms with E-state index in [0.717, 1.165) is 22.8 Å². The van der Waals surface area contributed by atoms with Gasteiger partial charge < -0.3 is 4.65 Å². The van der Waals surface area contributed by atoms with Crippen molar-refractivity contribution in [3.63, 3.8) is 0 Å². The van der Waals surface area contributed by atoms with Gasteiger partial charge in [-0.25, -0.2) is 4.39 Å². The summed E-state index contributed by atoms with van der Waals surface area (Å²) in [7, 11) is 2.57. The van der Waals surface area contributed by atoms with Crippen molar-refractivity contribution < 1.29 is 9.04 Å². The molecule has 0 radical (unpaired) electrons. The number of nitrogens with zero attached hydrogens (tertiary/aromatic N) is 1. The first-order valence-corrected chi connectivity index (χ1v) is 7.82. The lowest BCUT2D eigenvalue weighted by Crippen LogP contribution is -2.44. The van der Waals surface area contributed by atoms with Crippen molar-refractivity contribution in [1.29, 1.82) is 0 Å². The monoisotopic (exact) mass is 313 g/mol. The SMILES string of the molecule is Cc1ccc2c(c1)CB2N=O.Fc1ccc2c(c1)COB2P. The highest BCUT2D eigenvalue weighted by Gasteiger charge is 2.32. The van der Waals surface area contributed by atoms with Crippen LogP contribution in [0.2, 0.25) is 0 Å². The van der Waals surface area contributed by atoms with E-state index in [1.165, 1.54) is 23.3 Å².